The number of H-pyrrole nitrogens is 1. The van der Waals surface area contributed by atoms with Gasteiger partial charge in [0.1, 0.15) is 6.54 Å². The van der Waals surface area contributed by atoms with Crippen LogP contribution >= 0.6 is 23.8 Å². The topological polar surface area (TPSA) is 91.8 Å². The van der Waals surface area contributed by atoms with E-state index in [1.54, 1.807) is 47.9 Å². The quantitative estimate of drug-likeness (QED) is 0.525. The number of benzene rings is 2. The molecule has 0 radical (unpaired) electrons. The molecule has 3 aromatic rings. The van der Waals surface area contributed by atoms with Crippen LogP contribution in [0.5, 0.6) is 0 Å². The Morgan fingerprint density at radius 1 is 1.11 bits per heavy atom. The Kier molecular flexibility index (Phi) is 6.23. The highest BCUT2D eigenvalue weighted by atomic mass is 35.5. The largest absolute Gasteiger partial charge is 0.326 e. The number of nitrogens with one attached hydrogen (secondary N) is 3. The molecule has 0 fully saturated rings. The molecule has 7 nitrogen and oxygen atoms in total. The number of halogens is 1. The van der Waals surface area contributed by atoms with E-state index in [9.17, 15) is 9.59 Å². The minimum absolute atomic E-state index is 0.0150. The van der Waals surface area contributed by atoms with Gasteiger partial charge in [0.05, 0.1) is 0 Å². The fourth-order valence-electron chi connectivity index (χ4n) is 2.55. The first-order valence-electron chi connectivity index (χ1n) is 8.57. The van der Waals surface area contributed by atoms with Crippen molar-refractivity contribution in [2.45, 2.75) is 19.9 Å². The second-order valence-corrected chi connectivity index (χ2v) is 6.80. The first-order valence-corrected chi connectivity index (χ1v) is 9.36. The fourth-order valence-corrected chi connectivity index (χ4v) is 2.87. The van der Waals surface area contributed by atoms with E-state index in [0.717, 1.165) is 5.56 Å². The molecule has 0 aliphatic heterocycles. The van der Waals surface area contributed by atoms with Crippen molar-refractivity contribution in [1.29, 1.82) is 0 Å². The normalized spacial score (nSPS) is 10.5. The van der Waals surface area contributed by atoms with Crippen LogP contribution in [0.3, 0.4) is 0 Å². The molecular weight excluding hydrogens is 398 g/mol. The van der Waals surface area contributed by atoms with Crippen LogP contribution in [0.25, 0.3) is 11.4 Å². The van der Waals surface area contributed by atoms with Crippen LogP contribution in [-0.4, -0.2) is 26.6 Å². The standard InChI is InChI=1S/C19H18ClN5O2S/c1-2-16(26)21-14-4-3-5-15(10-14)22-17(27)11-25-18(23-24-19(25)28)12-6-8-13(20)9-7-12/h3-10H,2,11H2,1H3,(H,21,26)(H,22,27)(H,24,28). The molecule has 9 heteroatoms. The van der Waals surface area contributed by atoms with Crippen LogP contribution in [0.2, 0.25) is 5.02 Å². The van der Waals surface area contributed by atoms with Gasteiger partial charge in [0.15, 0.2) is 10.6 Å². The SMILES string of the molecule is CCC(=O)Nc1cccc(NC(=O)Cn2c(-c3ccc(Cl)cc3)n[nH]c2=S)c1. The number of aromatic nitrogens is 3. The van der Waals surface area contributed by atoms with E-state index in [4.69, 9.17) is 23.8 Å². The second kappa shape index (κ2) is 8.81. The summed E-state index contributed by atoms with van der Waals surface area (Å²) >= 11 is 11.2. The molecule has 2 aromatic carbocycles. The van der Waals surface area contributed by atoms with Gasteiger partial charge in [-0.3, -0.25) is 19.3 Å². The van der Waals surface area contributed by atoms with Crippen molar-refractivity contribution in [3.05, 3.63) is 58.3 Å². The predicted molar refractivity (Wildman–Crippen MR) is 112 cm³/mol. The van der Waals surface area contributed by atoms with Crippen molar-refractivity contribution in [1.82, 2.24) is 14.8 Å². The molecule has 2 amide bonds. The minimum Gasteiger partial charge on any atom is -0.326 e. The zero-order chi connectivity index (χ0) is 20.1. The fraction of sp³-hybridized carbons (Fsp3) is 0.158. The Hall–Kier alpha value is -2.97. The van der Waals surface area contributed by atoms with Crippen LogP contribution in [0.1, 0.15) is 13.3 Å². The molecule has 3 rings (SSSR count). The lowest BCUT2D eigenvalue weighted by Gasteiger charge is -2.10. The number of anilines is 2. The van der Waals surface area contributed by atoms with E-state index >= 15 is 0 Å². The molecular formula is C19H18ClN5O2S. The Bertz CT molecular complexity index is 1060. The van der Waals surface area contributed by atoms with Gasteiger partial charge in [-0.05, 0) is 54.7 Å². The number of amides is 2. The van der Waals surface area contributed by atoms with Crippen molar-refractivity contribution in [3.8, 4) is 11.4 Å². The van der Waals surface area contributed by atoms with Crippen LogP contribution in [-0.2, 0) is 16.1 Å². The first kappa shape index (κ1) is 19.8. The zero-order valence-electron chi connectivity index (χ0n) is 15.0. The number of hydrogen-bond donors (Lipinski definition) is 3. The molecule has 3 N–H and O–H groups in total. The minimum atomic E-state index is -0.272. The average Bonchev–Trinajstić information content (AvgIpc) is 3.03. The molecule has 0 saturated carbocycles. The molecule has 1 aromatic heterocycles. The molecule has 0 aliphatic rings. The van der Waals surface area contributed by atoms with Crippen LogP contribution in [0, 0.1) is 4.77 Å². The summed E-state index contributed by atoms with van der Waals surface area (Å²) in [5, 5.41) is 13.1. The van der Waals surface area contributed by atoms with E-state index in [1.165, 1.54) is 0 Å². The molecule has 0 aliphatic carbocycles. The molecule has 28 heavy (non-hydrogen) atoms. The van der Waals surface area contributed by atoms with Gasteiger partial charge in [-0.1, -0.05) is 24.6 Å². The van der Waals surface area contributed by atoms with Crippen molar-refractivity contribution in [2.75, 3.05) is 10.6 Å². The molecule has 0 saturated heterocycles. The Balaban J connectivity index is 1.75. The van der Waals surface area contributed by atoms with E-state index < -0.39 is 0 Å². The third-order valence-electron chi connectivity index (χ3n) is 3.91. The number of carbonyl (C=O) groups is 2. The number of carbonyl (C=O) groups excluding carboxylic acids is 2. The number of nitrogens with zero attached hydrogens (tertiary/aromatic N) is 2. The maximum absolute atomic E-state index is 12.5. The number of rotatable bonds is 6. The van der Waals surface area contributed by atoms with Crippen LogP contribution < -0.4 is 10.6 Å². The van der Waals surface area contributed by atoms with E-state index in [0.29, 0.717) is 33.4 Å². The smallest absolute Gasteiger partial charge is 0.244 e. The summed E-state index contributed by atoms with van der Waals surface area (Å²) in [5.74, 6) is 0.174. The Morgan fingerprint density at radius 3 is 2.39 bits per heavy atom. The summed E-state index contributed by atoms with van der Waals surface area (Å²) in [6, 6.07) is 14.1. The van der Waals surface area contributed by atoms with Gasteiger partial charge in [-0.25, -0.2) is 0 Å². The van der Waals surface area contributed by atoms with Gasteiger partial charge in [0.25, 0.3) is 0 Å². The Labute approximate surface area is 171 Å². The molecule has 1 heterocycles. The maximum atomic E-state index is 12.5. The Morgan fingerprint density at radius 2 is 1.75 bits per heavy atom. The van der Waals surface area contributed by atoms with Gasteiger partial charge in [0.2, 0.25) is 11.8 Å². The lowest BCUT2D eigenvalue weighted by molar-refractivity contribution is -0.117. The van der Waals surface area contributed by atoms with E-state index in [1.807, 2.05) is 12.1 Å². The van der Waals surface area contributed by atoms with Crippen molar-refractivity contribution in [3.63, 3.8) is 0 Å². The van der Waals surface area contributed by atoms with Gasteiger partial charge < -0.3 is 10.6 Å². The molecule has 144 valence electrons. The van der Waals surface area contributed by atoms with Crippen molar-refractivity contribution < 1.29 is 9.59 Å². The highest BCUT2D eigenvalue weighted by Gasteiger charge is 2.13. The zero-order valence-corrected chi connectivity index (χ0v) is 16.6. The first-order chi connectivity index (χ1) is 13.5. The van der Waals surface area contributed by atoms with E-state index in [2.05, 4.69) is 20.8 Å². The van der Waals surface area contributed by atoms with Crippen molar-refractivity contribution in [2.24, 2.45) is 0 Å². The molecule has 0 spiro atoms. The average molecular weight is 416 g/mol. The predicted octanol–water partition coefficient (Wildman–Crippen LogP) is 4.25. The van der Waals surface area contributed by atoms with E-state index in [-0.39, 0.29) is 18.4 Å². The second-order valence-electron chi connectivity index (χ2n) is 5.98. The summed E-state index contributed by atoms with van der Waals surface area (Å²) in [6.45, 7) is 1.76. The third-order valence-corrected chi connectivity index (χ3v) is 4.48. The van der Waals surface area contributed by atoms with Crippen molar-refractivity contribution >= 4 is 47.0 Å². The van der Waals surface area contributed by atoms with Crippen LogP contribution in [0.15, 0.2) is 48.5 Å². The summed E-state index contributed by atoms with van der Waals surface area (Å²) in [6.07, 6.45) is 0.378. The lowest BCUT2D eigenvalue weighted by Crippen LogP contribution is -2.19. The molecule has 0 atom stereocenters. The highest BCUT2D eigenvalue weighted by molar-refractivity contribution is 7.71. The highest BCUT2D eigenvalue weighted by Crippen LogP contribution is 2.20. The lowest BCUT2D eigenvalue weighted by atomic mass is 10.2. The van der Waals surface area contributed by atoms with Gasteiger partial charge in [-0.2, -0.15) is 5.10 Å². The van der Waals surface area contributed by atoms with Gasteiger partial charge >= 0.3 is 0 Å². The summed E-state index contributed by atoms with van der Waals surface area (Å²) in [7, 11) is 0. The summed E-state index contributed by atoms with van der Waals surface area (Å²) in [5.41, 5.74) is 1.97. The molecule has 0 bridgehead atoms. The summed E-state index contributed by atoms with van der Waals surface area (Å²) in [4.78, 5) is 24.1. The molecule has 0 unspecified atom stereocenters. The summed E-state index contributed by atoms with van der Waals surface area (Å²) < 4.78 is 1.94. The van der Waals surface area contributed by atoms with Gasteiger partial charge in [0, 0.05) is 28.4 Å². The number of aromatic amines is 1. The third kappa shape index (κ3) is 4.85. The number of hydrogen-bond acceptors (Lipinski definition) is 4. The monoisotopic (exact) mass is 415 g/mol. The maximum Gasteiger partial charge on any atom is 0.244 e. The van der Waals surface area contributed by atoms with Crippen LogP contribution in [0.4, 0.5) is 11.4 Å². The van der Waals surface area contributed by atoms with Gasteiger partial charge in [-0.15, -0.1) is 0 Å².